The first-order valence-corrected chi connectivity index (χ1v) is 13.8. The minimum atomic E-state index is -1.25. The molecule has 3 unspecified atom stereocenters. The number of fused-ring (bicyclic) bond motifs is 1. The van der Waals surface area contributed by atoms with Gasteiger partial charge in [0, 0.05) is 27.4 Å². The van der Waals surface area contributed by atoms with Crippen LogP contribution in [-0.2, 0) is 11.1 Å². The van der Waals surface area contributed by atoms with Gasteiger partial charge in [-0.1, -0.05) is 29.3 Å². The second-order valence-corrected chi connectivity index (χ2v) is 11.7. The molecule has 206 valence electrons. The molecule has 3 atom stereocenters. The molecule has 1 aromatic heterocycles. The maximum atomic E-state index is 15.6. The minimum Gasteiger partial charge on any atom is -0.496 e. The Morgan fingerprint density at radius 1 is 1.07 bits per heavy atom. The van der Waals surface area contributed by atoms with Gasteiger partial charge in [0.15, 0.2) is 6.23 Å². The van der Waals surface area contributed by atoms with Crippen molar-refractivity contribution >= 4 is 34.6 Å². The molecule has 7 rings (SSSR count). The van der Waals surface area contributed by atoms with E-state index in [0.29, 0.717) is 39.7 Å². The van der Waals surface area contributed by atoms with Crippen molar-refractivity contribution in [3.63, 3.8) is 0 Å². The maximum absolute atomic E-state index is 15.6. The molecule has 3 aliphatic heterocycles. The van der Waals surface area contributed by atoms with E-state index in [1.807, 2.05) is 43.3 Å². The van der Waals surface area contributed by atoms with Crippen LogP contribution < -0.4 is 19.7 Å². The largest absolute Gasteiger partial charge is 0.496 e. The van der Waals surface area contributed by atoms with Gasteiger partial charge in [0.05, 0.1) is 42.2 Å². The van der Waals surface area contributed by atoms with E-state index < -0.39 is 23.1 Å². The van der Waals surface area contributed by atoms with Gasteiger partial charge in [-0.15, -0.1) is 0 Å². The van der Waals surface area contributed by atoms with Gasteiger partial charge < -0.3 is 29.4 Å². The summed E-state index contributed by atoms with van der Waals surface area (Å²) in [6, 6.07) is 15.3. The summed E-state index contributed by atoms with van der Waals surface area (Å²) >= 11 is 12.8. The molecule has 3 aliphatic rings. The van der Waals surface area contributed by atoms with Gasteiger partial charge >= 0.3 is 0 Å². The van der Waals surface area contributed by atoms with Crippen molar-refractivity contribution in [3.05, 3.63) is 87.4 Å². The highest BCUT2D eigenvalue weighted by Gasteiger charge is 2.71. The number of aromatic nitrogens is 2. The lowest BCUT2D eigenvalue weighted by atomic mass is 9.79. The van der Waals surface area contributed by atoms with Gasteiger partial charge in [-0.3, -0.25) is 0 Å². The number of imidazole rings is 1. The molecule has 40 heavy (non-hydrogen) atoms. The molecule has 0 amide bonds. The summed E-state index contributed by atoms with van der Waals surface area (Å²) in [7, 11) is 1.61. The minimum absolute atomic E-state index is 0.192. The number of halogens is 3. The summed E-state index contributed by atoms with van der Waals surface area (Å²) in [5, 5.41) is 16.6. The molecule has 0 fully saturated rings. The molecule has 0 aliphatic carbocycles. The van der Waals surface area contributed by atoms with Crippen molar-refractivity contribution in [2.45, 2.75) is 44.1 Å². The second-order valence-electron chi connectivity index (χ2n) is 10.8. The van der Waals surface area contributed by atoms with Crippen molar-refractivity contribution in [1.82, 2.24) is 9.55 Å². The average molecular weight is 581 g/mol. The zero-order valence-electron chi connectivity index (χ0n) is 22.3. The van der Waals surface area contributed by atoms with Crippen LogP contribution in [0.15, 0.2) is 54.6 Å². The Labute approximate surface area is 241 Å². The molecule has 7 nitrogen and oxygen atoms in total. The van der Waals surface area contributed by atoms with Gasteiger partial charge in [-0.05, 0) is 63.2 Å². The number of hydrogen-bond donors (Lipinski definition) is 2. The van der Waals surface area contributed by atoms with E-state index in [1.165, 1.54) is 12.1 Å². The Hall–Kier alpha value is -3.46. The fourth-order valence-electron chi connectivity index (χ4n) is 6.99. The zero-order valence-corrected chi connectivity index (χ0v) is 23.8. The number of hydrogen-bond acceptors (Lipinski definition) is 6. The van der Waals surface area contributed by atoms with Crippen molar-refractivity contribution in [2.75, 3.05) is 23.9 Å². The summed E-state index contributed by atoms with van der Waals surface area (Å²) in [6.07, 6.45) is -1.25. The normalized spacial score (nSPS) is 23.1. The Balaban J connectivity index is 1.55. The van der Waals surface area contributed by atoms with Crippen molar-refractivity contribution in [3.8, 4) is 22.9 Å². The van der Waals surface area contributed by atoms with Crippen LogP contribution in [0, 0.1) is 5.82 Å². The zero-order chi connectivity index (χ0) is 28.1. The third-order valence-electron chi connectivity index (χ3n) is 8.42. The quantitative estimate of drug-likeness (QED) is 0.273. The number of benzene rings is 3. The molecular formula is C30H27Cl2FN4O3. The van der Waals surface area contributed by atoms with Gasteiger partial charge in [0.2, 0.25) is 0 Å². The summed E-state index contributed by atoms with van der Waals surface area (Å²) in [5.41, 5.74) is 2.28. The molecule has 0 bridgehead atoms. The number of methoxy groups -OCH3 is 1. The van der Waals surface area contributed by atoms with E-state index in [2.05, 4.69) is 23.7 Å². The summed E-state index contributed by atoms with van der Waals surface area (Å²) < 4.78 is 29.2. The Bertz CT molecular complexity index is 1710. The Kier molecular flexibility index (Phi) is 5.43. The first-order valence-electron chi connectivity index (χ1n) is 13.1. The van der Waals surface area contributed by atoms with Crippen molar-refractivity contribution in [2.24, 2.45) is 0 Å². The SMILES string of the molecule is CCOc1ccc(-c2nc3c4n2C(C)(C)C2Nc5cc(Cl)ccc5C42N(c2cc(Cl)ccc2F)C3O)c(OC)c1. The number of aliphatic hydroxyl groups excluding tert-OH is 1. The molecule has 4 heterocycles. The molecule has 4 aromatic rings. The molecule has 0 saturated heterocycles. The van der Waals surface area contributed by atoms with E-state index in [-0.39, 0.29) is 11.7 Å². The summed E-state index contributed by atoms with van der Waals surface area (Å²) in [6.45, 7) is 6.68. The topological polar surface area (TPSA) is 71.8 Å². The van der Waals surface area contributed by atoms with E-state index in [4.69, 9.17) is 37.7 Å². The number of anilines is 2. The van der Waals surface area contributed by atoms with Crippen LogP contribution >= 0.6 is 23.2 Å². The lowest BCUT2D eigenvalue weighted by Gasteiger charge is -2.42. The fraction of sp³-hybridized carbons (Fsp3) is 0.300. The number of aliphatic hydroxyl groups is 1. The molecule has 3 aromatic carbocycles. The van der Waals surface area contributed by atoms with Gasteiger partial charge in [-0.25, -0.2) is 9.37 Å². The fourth-order valence-corrected chi connectivity index (χ4v) is 7.33. The number of ether oxygens (including phenoxy) is 2. The molecular weight excluding hydrogens is 554 g/mol. The van der Waals surface area contributed by atoms with Crippen LogP contribution in [0.1, 0.15) is 44.0 Å². The van der Waals surface area contributed by atoms with Crippen LogP contribution in [0.2, 0.25) is 10.0 Å². The van der Waals surface area contributed by atoms with E-state index in [0.717, 1.165) is 22.5 Å². The van der Waals surface area contributed by atoms with Gasteiger partial charge in [0.1, 0.15) is 34.4 Å². The first-order chi connectivity index (χ1) is 19.1. The van der Waals surface area contributed by atoms with Crippen LogP contribution in [0.5, 0.6) is 11.5 Å². The smallest absolute Gasteiger partial charge is 0.173 e. The van der Waals surface area contributed by atoms with Crippen LogP contribution in [0.4, 0.5) is 15.8 Å². The van der Waals surface area contributed by atoms with Crippen LogP contribution in [-0.4, -0.2) is 34.4 Å². The number of nitrogens with one attached hydrogen (secondary N) is 1. The second kappa shape index (κ2) is 8.52. The Morgan fingerprint density at radius 3 is 2.58 bits per heavy atom. The van der Waals surface area contributed by atoms with Crippen molar-refractivity contribution < 1.29 is 19.0 Å². The molecule has 10 heteroatoms. The third kappa shape index (κ3) is 3.07. The predicted octanol–water partition coefficient (Wildman–Crippen LogP) is 6.70. The van der Waals surface area contributed by atoms with Crippen LogP contribution in [0.3, 0.4) is 0 Å². The van der Waals surface area contributed by atoms with E-state index in [9.17, 15) is 5.11 Å². The third-order valence-corrected chi connectivity index (χ3v) is 8.89. The Morgan fingerprint density at radius 2 is 1.82 bits per heavy atom. The average Bonchev–Trinajstić information content (AvgIpc) is 3.59. The van der Waals surface area contributed by atoms with E-state index >= 15 is 4.39 Å². The maximum Gasteiger partial charge on any atom is 0.173 e. The van der Waals surface area contributed by atoms with Gasteiger partial charge in [0.25, 0.3) is 0 Å². The number of nitrogens with zero attached hydrogens (tertiary/aromatic N) is 3. The number of rotatable bonds is 5. The highest BCUT2D eigenvalue weighted by atomic mass is 35.5. The molecule has 2 N–H and O–H groups in total. The standard InChI is InChI=1S/C30H27Cl2FN4O3/c1-5-40-17-8-9-18(23(14-17)39-4)26-35-24-25-30(36(27(24)38)22-13-16(32)7-11-20(22)33)19-10-6-15(31)12-21(19)34-28(30)29(2,3)37(25)26/h6-14,27-28,34,38H,5H2,1-4H3. The highest BCUT2D eigenvalue weighted by Crippen LogP contribution is 2.66. The predicted molar refractivity (Wildman–Crippen MR) is 153 cm³/mol. The molecule has 0 radical (unpaired) electrons. The first kappa shape index (κ1) is 25.5. The lowest BCUT2D eigenvalue weighted by Crippen LogP contribution is -2.54. The van der Waals surface area contributed by atoms with E-state index in [1.54, 1.807) is 18.1 Å². The highest BCUT2D eigenvalue weighted by molar-refractivity contribution is 6.31. The lowest BCUT2D eigenvalue weighted by molar-refractivity contribution is 0.151. The monoisotopic (exact) mass is 580 g/mol. The summed E-state index contributed by atoms with van der Waals surface area (Å²) in [4.78, 5) is 6.75. The molecule has 1 spiro atoms. The summed E-state index contributed by atoms with van der Waals surface area (Å²) in [5.74, 6) is 1.44. The molecule has 0 saturated carbocycles. The van der Waals surface area contributed by atoms with Crippen molar-refractivity contribution in [1.29, 1.82) is 0 Å². The van der Waals surface area contributed by atoms with Crippen LogP contribution in [0.25, 0.3) is 11.4 Å². The van der Waals surface area contributed by atoms with Gasteiger partial charge in [-0.2, -0.15) is 0 Å².